The van der Waals surface area contributed by atoms with Crippen molar-refractivity contribution in [1.29, 1.82) is 5.26 Å². The van der Waals surface area contributed by atoms with Gasteiger partial charge in [-0.2, -0.15) is 5.26 Å². The van der Waals surface area contributed by atoms with Gasteiger partial charge in [0, 0.05) is 45.1 Å². The lowest BCUT2D eigenvalue weighted by molar-refractivity contribution is -0.124. The van der Waals surface area contributed by atoms with Crippen LogP contribution in [0.15, 0.2) is 12.4 Å². The zero-order valence-electron chi connectivity index (χ0n) is 15.4. The normalized spacial score (nSPS) is 24.5. The smallest absolute Gasteiger partial charge is 0.235 e. The van der Waals surface area contributed by atoms with Crippen molar-refractivity contribution in [2.24, 2.45) is 13.0 Å². The maximum Gasteiger partial charge on any atom is 0.235 e. The van der Waals surface area contributed by atoms with Gasteiger partial charge in [-0.05, 0) is 32.6 Å². The van der Waals surface area contributed by atoms with E-state index in [4.69, 9.17) is 0 Å². The number of nitrogens with zero attached hydrogens (tertiary/aromatic N) is 5. The second kappa shape index (κ2) is 7.14. The van der Waals surface area contributed by atoms with E-state index in [1.165, 1.54) is 0 Å². The van der Waals surface area contributed by atoms with Crippen molar-refractivity contribution in [1.82, 2.24) is 24.7 Å². The third-order valence-electron chi connectivity index (χ3n) is 5.51. The average Bonchev–Trinajstić information content (AvgIpc) is 3.35. The van der Waals surface area contributed by atoms with E-state index in [9.17, 15) is 10.1 Å². The van der Waals surface area contributed by atoms with E-state index in [1.807, 2.05) is 30.9 Å². The molecule has 7 nitrogen and oxygen atoms in total. The fraction of sp³-hybridized carbons (Fsp3) is 0.722. The van der Waals surface area contributed by atoms with E-state index in [1.54, 1.807) is 0 Å². The summed E-state index contributed by atoms with van der Waals surface area (Å²) in [5, 5.41) is 12.3. The number of hydrogen-bond acceptors (Lipinski definition) is 5. The van der Waals surface area contributed by atoms with Crippen LogP contribution in [0.2, 0.25) is 0 Å². The van der Waals surface area contributed by atoms with Crippen molar-refractivity contribution < 1.29 is 4.79 Å². The highest BCUT2D eigenvalue weighted by atomic mass is 16.2. The summed E-state index contributed by atoms with van der Waals surface area (Å²) in [5.41, 5.74) is -0.706. The molecular weight excluding hydrogens is 316 g/mol. The Kier molecular flexibility index (Phi) is 5.11. The monoisotopic (exact) mass is 344 g/mol. The first kappa shape index (κ1) is 17.9. The zero-order valence-corrected chi connectivity index (χ0v) is 15.4. The molecule has 2 heterocycles. The summed E-state index contributed by atoms with van der Waals surface area (Å²) >= 11 is 0. The van der Waals surface area contributed by atoms with Crippen LogP contribution >= 0.6 is 0 Å². The molecule has 0 aromatic carbocycles. The van der Waals surface area contributed by atoms with Crippen LogP contribution in [-0.4, -0.2) is 63.0 Å². The Balaban J connectivity index is 1.48. The number of amides is 1. The molecule has 3 rings (SSSR count). The van der Waals surface area contributed by atoms with E-state index in [0.29, 0.717) is 18.5 Å². The van der Waals surface area contributed by atoms with Gasteiger partial charge in [0.05, 0.1) is 19.2 Å². The Bertz CT molecular complexity index is 661. The first-order chi connectivity index (χ1) is 11.9. The van der Waals surface area contributed by atoms with Crippen LogP contribution in [0.1, 0.15) is 32.5 Å². The van der Waals surface area contributed by atoms with Crippen molar-refractivity contribution in [3.8, 4) is 6.07 Å². The summed E-state index contributed by atoms with van der Waals surface area (Å²) in [4.78, 5) is 21.4. The fourth-order valence-electron chi connectivity index (χ4n) is 3.59. The molecule has 1 saturated carbocycles. The number of nitrogens with one attached hydrogen (secondary N) is 1. The van der Waals surface area contributed by atoms with Gasteiger partial charge in [0.25, 0.3) is 0 Å². The van der Waals surface area contributed by atoms with Gasteiger partial charge in [0.1, 0.15) is 11.4 Å². The van der Waals surface area contributed by atoms with E-state index in [-0.39, 0.29) is 5.91 Å². The third kappa shape index (κ3) is 4.20. The number of rotatable bonds is 6. The van der Waals surface area contributed by atoms with Crippen molar-refractivity contribution in [2.45, 2.75) is 44.8 Å². The molecule has 1 aliphatic heterocycles. The summed E-state index contributed by atoms with van der Waals surface area (Å²) in [7, 11) is 2.01. The minimum absolute atomic E-state index is 0.0410. The molecule has 1 N–H and O–H groups in total. The maximum atomic E-state index is 12.4. The topological polar surface area (TPSA) is 77.2 Å². The average molecular weight is 344 g/mol. The highest BCUT2D eigenvalue weighted by Gasteiger charge is 2.43. The number of imidazole rings is 1. The number of carbonyl (C=O) groups is 1. The molecule has 25 heavy (non-hydrogen) atoms. The van der Waals surface area contributed by atoms with Crippen LogP contribution in [0, 0.1) is 17.2 Å². The first-order valence-electron chi connectivity index (χ1n) is 9.06. The van der Waals surface area contributed by atoms with Gasteiger partial charge in [-0.1, -0.05) is 0 Å². The highest BCUT2D eigenvalue weighted by molar-refractivity contribution is 5.79. The molecule has 1 saturated heterocycles. The van der Waals surface area contributed by atoms with Crippen LogP contribution < -0.4 is 5.32 Å². The molecule has 2 fully saturated rings. The molecule has 1 aliphatic carbocycles. The summed E-state index contributed by atoms with van der Waals surface area (Å²) in [5.74, 6) is 1.34. The molecule has 136 valence electrons. The third-order valence-corrected chi connectivity index (χ3v) is 5.51. The zero-order chi connectivity index (χ0) is 18.0. The number of piperazine rings is 1. The molecule has 1 aromatic rings. The van der Waals surface area contributed by atoms with Crippen molar-refractivity contribution >= 4 is 5.91 Å². The van der Waals surface area contributed by atoms with Crippen molar-refractivity contribution in [3.63, 3.8) is 0 Å². The van der Waals surface area contributed by atoms with Gasteiger partial charge < -0.3 is 9.88 Å². The molecule has 0 spiro atoms. The van der Waals surface area contributed by atoms with Gasteiger partial charge in [0.15, 0.2) is 0 Å². The molecule has 1 aromatic heterocycles. The van der Waals surface area contributed by atoms with Crippen LogP contribution in [0.5, 0.6) is 0 Å². The first-order valence-corrected chi connectivity index (χ1v) is 9.06. The number of aromatic nitrogens is 2. The number of hydrogen-bond donors (Lipinski definition) is 1. The Morgan fingerprint density at radius 2 is 2.24 bits per heavy atom. The van der Waals surface area contributed by atoms with Crippen LogP contribution in [0.3, 0.4) is 0 Å². The standard InChI is InChI=1S/C18H28N6O/c1-14-10-23(8-9-24(14)11-16-20-6-7-22(16)3)12-17(25)21-18(2,13-19)15-4-5-15/h6-7,14-15H,4-5,8-12H2,1-3H3,(H,21,25)/t14-,18-/m1/s1. The minimum Gasteiger partial charge on any atom is -0.337 e. The van der Waals surface area contributed by atoms with E-state index in [0.717, 1.165) is 44.8 Å². The van der Waals surface area contributed by atoms with Gasteiger partial charge in [-0.3, -0.25) is 14.6 Å². The predicted octanol–water partition coefficient (Wildman–Crippen LogP) is 0.735. The quantitative estimate of drug-likeness (QED) is 0.823. The van der Waals surface area contributed by atoms with Crippen molar-refractivity contribution in [2.75, 3.05) is 26.2 Å². The molecule has 2 atom stereocenters. The minimum atomic E-state index is -0.706. The summed E-state index contributed by atoms with van der Waals surface area (Å²) in [6, 6.07) is 2.65. The maximum absolute atomic E-state index is 12.4. The summed E-state index contributed by atoms with van der Waals surface area (Å²) < 4.78 is 2.05. The molecule has 7 heteroatoms. The van der Waals surface area contributed by atoms with Crippen LogP contribution in [0.4, 0.5) is 0 Å². The highest BCUT2D eigenvalue weighted by Crippen LogP contribution is 2.39. The van der Waals surface area contributed by atoms with Gasteiger partial charge in [-0.25, -0.2) is 4.98 Å². The SMILES string of the molecule is C[C@@H]1CN(CC(=O)N[C@](C)(C#N)C2CC2)CCN1Cc1nccn1C. The molecule has 2 aliphatic rings. The van der Waals surface area contributed by atoms with Gasteiger partial charge in [0.2, 0.25) is 5.91 Å². The van der Waals surface area contributed by atoms with E-state index < -0.39 is 5.54 Å². The summed E-state index contributed by atoms with van der Waals surface area (Å²) in [6.45, 7) is 7.86. The lowest BCUT2D eigenvalue weighted by Crippen LogP contribution is -2.55. The second-order valence-corrected chi connectivity index (χ2v) is 7.65. The van der Waals surface area contributed by atoms with E-state index in [2.05, 4.69) is 33.1 Å². The molecule has 0 bridgehead atoms. The molecular formula is C18H28N6O. The van der Waals surface area contributed by atoms with Crippen molar-refractivity contribution in [3.05, 3.63) is 18.2 Å². The Morgan fingerprint density at radius 3 is 2.80 bits per heavy atom. The Labute approximate surface area is 149 Å². The molecule has 0 unspecified atom stereocenters. The largest absolute Gasteiger partial charge is 0.337 e. The fourth-order valence-corrected chi connectivity index (χ4v) is 3.59. The second-order valence-electron chi connectivity index (χ2n) is 7.65. The predicted molar refractivity (Wildman–Crippen MR) is 94.4 cm³/mol. The Hall–Kier alpha value is -1.91. The van der Waals surface area contributed by atoms with Crippen LogP contribution in [0.25, 0.3) is 0 Å². The Morgan fingerprint density at radius 1 is 1.48 bits per heavy atom. The number of nitriles is 1. The molecule has 1 amide bonds. The molecule has 0 radical (unpaired) electrons. The summed E-state index contributed by atoms with van der Waals surface area (Å²) in [6.07, 6.45) is 5.86. The van der Waals surface area contributed by atoms with Gasteiger partial charge >= 0.3 is 0 Å². The lowest BCUT2D eigenvalue weighted by atomic mass is 9.98. The number of carbonyl (C=O) groups excluding carboxylic acids is 1. The van der Waals surface area contributed by atoms with Crippen LogP contribution in [-0.2, 0) is 18.4 Å². The number of aryl methyl sites for hydroxylation is 1. The van der Waals surface area contributed by atoms with E-state index >= 15 is 0 Å². The van der Waals surface area contributed by atoms with Gasteiger partial charge in [-0.15, -0.1) is 0 Å². The lowest BCUT2D eigenvalue weighted by Gasteiger charge is -2.39.